The fourth-order valence-electron chi connectivity index (χ4n) is 3.25. The minimum Gasteiger partial charge on any atom is -0.493 e. The molecule has 10 heteroatoms. The zero-order valence-electron chi connectivity index (χ0n) is 20.6. The summed E-state index contributed by atoms with van der Waals surface area (Å²) in [7, 11) is -3.56. The highest BCUT2D eigenvalue weighted by Crippen LogP contribution is 2.24. The van der Waals surface area contributed by atoms with Crippen LogP contribution in [0.5, 0.6) is 5.75 Å². The van der Waals surface area contributed by atoms with E-state index in [1.807, 2.05) is 19.9 Å². The summed E-state index contributed by atoms with van der Waals surface area (Å²) in [5, 5.41) is 5.69. The van der Waals surface area contributed by atoms with Crippen molar-refractivity contribution in [3.05, 3.63) is 52.5 Å². The number of amides is 1. The lowest BCUT2D eigenvalue weighted by molar-refractivity contribution is 0.0973. The van der Waals surface area contributed by atoms with E-state index in [-0.39, 0.29) is 10.0 Å². The number of rotatable bonds is 12. The summed E-state index contributed by atoms with van der Waals surface area (Å²) >= 11 is 8.70. The fraction of sp³-hybridized carbons (Fsp3) is 0.440. The van der Waals surface area contributed by atoms with Gasteiger partial charge in [-0.05, 0) is 79.9 Å². The van der Waals surface area contributed by atoms with Gasteiger partial charge < -0.3 is 10.1 Å². The lowest BCUT2D eigenvalue weighted by Gasteiger charge is -2.21. The number of nitrogens with one attached hydrogen (secondary N) is 2. The Labute approximate surface area is 222 Å². The van der Waals surface area contributed by atoms with Gasteiger partial charge in [-0.1, -0.05) is 43.6 Å². The molecule has 192 valence electrons. The molecule has 35 heavy (non-hydrogen) atoms. The SMILES string of the molecule is CCCN(CCC)S(=O)(=O)c1ccc(NC(=S)NC(=O)c2cc(Br)ccc2OCCC(C)C)cc1. The van der Waals surface area contributed by atoms with Gasteiger partial charge in [0.15, 0.2) is 5.11 Å². The third-order valence-corrected chi connectivity index (χ3v) is 7.67. The molecule has 0 fully saturated rings. The number of carbonyl (C=O) groups is 1. The van der Waals surface area contributed by atoms with Crippen LogP contribution < -0.4 is 15.4 Å². The zero-order valence-corrected chi connectivity index (χ0v) is 23.9. The first-order valence-corrected chi connectivity index (χ1v) is 14.4. The molecule has 0 unspecified atom stereocenters. The fourth-order valence-corrected chi connectivity index (χ4v) is 5.45. The molecule has 0 saturated heterocycles. The Bertz CT molecular complexity index is 1100. The first-order valence-electron chi connectivity index (χ1n) is 11.7. The number of ether oxygens (including phenoxy) is 1. The van der Waals surface area contributed by atoms with Gasteiger partial charge in [0.2, 0.25) is 10.0 Å². The number of nitrogens with zero attached hydrogens (tertiary/aromatic N) is 1. The minimum absolute atomic E-state index is 0.0947. The monoisotopic (exact) mass is 583 g/mol. The van der Waals surface area contributed by atoms with Crippen LogP contribution in [0.3, 0.4) is 0 Å². The van der Waals surface area contributed by atoms with E-state index in [1.165, 1.54) is 16.4 Å². The van der Waals surface area contributed by atoms with E-state index < -0.39 is 15.9 Å². The number of benzene rings is 2. The summed E-state index contributed by atoms with van der Waals surface area (Å²) in [6.07, 6.45) is 2.36. The second-order valence-corrected chi connectivity index (χ2v) is 11.8. The van der Waals surface area contributed by atoms with Crippen molar-refractivity contribution in [2.24, 2.45) is 5.92 Å². The van der Waals surface area contributed by atoms with Gasteiger partial charge in [0.25, 0.3) is 5.91 Å². The van der Waals surface area contributed by atoms with Crippen LogP contribution in [-0.2, 0) is 10.0 Å². The highest BCUT2D eigenvalue weighted by molar-refractivity contribution is 9.10. The molecule has 0 aliphatic rings. The number of anilines is 1. The Morgan fingerprint density at radius 2 is 1.71 bits per heavy atom. The van der Waals surface area contributed by atoms with Crippen LogP contribution in [0.15, 0.2) is 51.8 Å². The van der Waals surface area contributed by atoms with Crippen LogP contribution >= 0.6 is 28.1 Å². The number of thiocarbonyl (C=S) groups is 1. The van der Waals surface area contributed by atoms with Crippen LogP contribution in [0.4, 0.5) is 5.69 Å². The van der Waals surface area contributed by atoms with E-state index in [1.54, 1.807) is 24.3 Å². The molecule has 7 nitrogen and oxygen atoms in total. The predicted octanol–water partition coefficient (Wildman–Crippen LogP) is 5.81. The van der Waals surface area contributed by atoms with Gasteiger partial charge in [-0.15, -0.1) is 0 Å². The van der Waals surface area contributed by atoms with Crippen molar-refractivity contribution >= 4 is 54.9 Å². The van der Waals surface area contributed by atoms with Crippen LogP contribution in [0.1, 0.15) is 57.3 Å². The first-order chi connectivity index (χ1) is 16.6. The lowest BCUT2D eigenvalue weighted by Crippen LogP contribution is -2.34. The average Bonchev–Trinajstić information content (AvgIpc) is 2.79. The Morgan fingerprint density at radius 1 is 1.09 bits per heavy atom. The van der Waals surface area contributed by atoms with E-state index >= 15 is 0 Å². The van der Waals surface area contributed by atoms with Crippen molar-refractivity contribution in [3.63, 3.8) is 0 Å². The molecule has 0 atom stereocenters. The summed E-state index contributed by atoms with van der Waals surface area (Å²) in [5.41, 5.74) is 0.926. The van der Waals surface area contributed by atoms with Crippen molar-refractivity contribution < 1.29 is 17.9 Å². The Hall–Kier alpha value is -2.01. The molecule has 2 aromatic carbocycles. The summed E-state index contributed by atoms with van der Waals surface area (Å²) in [6.45, 7) is 9.58. The van der Waals surface area contributed by atoms with Crippen molar-refractivity contribution in [2.75, 3.05) is 25.0 Å². The second-order valence-electron chi connectivity index (χ2n) is 8.51. The molecule has 2 aromatic rings. The molecule has 0 aliphatic carbocycles. The quantitative estimate of drug-likeness (QED) is 0.306. The van der Waals surface area contributed by atoms with E-state index in [9.17, 15) is 13.2 Å². The maximum atomic E-state index is 12.9. The highest BCUT2D eigenvalue weighted by Gasteiger charge is 2.23. The predicted molar refractivity (Wildman–Crippen MR) is 149 cm³/mol. The van der Waals surface area contributed by atoms with E-state index in [0.717, 1.165) is 23.7 Å². The maximum absolute atomic E-state index is 12.9. The number of halogens is 1. The van der Waals surface area contributed by atoms with E-state index in [4.69, 9.17) is 17.0 Å². The van der Waals surface area contributed by atoms with Gasteiger partial charge in [0.05, 0.1) is 17.1 Å². The molecule has 0 radical (unpaired) electrons. The largest absolute Gasteiger partial charge is 0.493 e. The van der Waals surface area contributed by atoms with Crippen LogP contribution in [0, 0.1) is 5.92 Å². The van der Waals surface area contributed by atoms with Gasteiger partial charge in [-0.25, -0.2) is 8.42 Å². The van der Waals surface area contributed by atoms with Crippen LogP contribution in [0.25, 0.3) is 0 Å². The van der Waals surface area contributed by atoms with E-state index in [2.05, 4.69) is 40.4 Å². The summed E-state index contributed by atoms with van der Waals surface area (Å²) < 4.78 is 33.9. The third kappa shape index (κ3) is 8.86. The van der Waals surface area contributed by atoms with Gasteiger partial charge in [0, 0.05) is 23.2 Å². The van der Waals surface area contributed by atoms with Gasteiger partial charge >= 0.3 is 0 Å². The van der Waals surface area contributed by atoms with Crippen molar-refractivity contribution in [2.45, 2.75) is 51.9 Å². The molecule has 0 heterocycles. The number of sulfonamides is 1. The van der Waals surface area contributed by atoms with Gasteiger partial charge in [0.1, 0.15) is 5.75 Å². The average molecular weight is 585 g/mol. The van der Waals surface area contributed by atoms with E-state index in [0.29, 0.717) is 42.6 Å². The third-order valence-electron chi connectivity index (χ3n) is 5.06. The van der Waals surface area contributed by atoms with Crippen LogP contribution in [0.2, 0.25) is 0 Å². The van der Waals surface area contributed by atoms with Crippen molar-refractivity contribution in [1.82, 2.24) is 9.62 Å². The van der Waals surface area contributed by atoms with Gasteiger partial charge in [-0.2, -0.15) is 4.31 Å². The molecule has 2 rings (SSSR count). The molecule has 1 amide bonds. The highest BCUT2D eigenvalue weighted by atomic mass is 79.9. The summed E-state index contributed by atoms with van der Waals surface area (Å²) in [6, 6.07) is 11.6. The lowest BCUT2D eigenvalue weighted by atomic mass is 10.1. The number of carbonyl (C=O) groups excluding carboxylic acids is 1. The minimum atomic E-state index is -3.56. The molecule has 0 aromatic heterocycles. The zero-order chi connectivity index (χ0) is 26.0. The molecule has 0 saturated carbocycles. The molecular formula is C25H34BrN3O4S2. The maximum Gasteiger partial charge on any atom is 0.261 e. The topological polar surface area (TPSA) is 87.7 Å². The molecule has 0 aliphatic heterocycles. The number of hydrogen-bond donors (Lipinski definition) is 2. The standard InChI is InChI=1S/C25H34BrN3O4S2/c1-5-14-29(15-6-2)35(31,32)21-10-8-20(9-11-21)27-25(34)28-24(30)22-17-19(26)7-12-23(22)33-16-13-18(3)4/h7-12,17-18H,5-6,13-16H2,1-4H3,(H2,27,28,30,34). The Kier molecular flexibility index (Phi) is 11.6. The Morgan fingerprint density at radius 3 is 2.29 bits per heavy atom. The summed E-state index contributed by atoms with van der Waals surface area (Å²) in [5.74, 6) is 0.562. The van der Waals surface area contributed by atoms with Crippen LogP contribution in [-0.4, -0.2) is 43.4 Å². The molecule has 2 N–H and O–H groups in total. The van der Waals surface area contributed by atoms with Gasteiger partial charge in [-0.3, -0.25) is 10.1 Å². The molecule has 0 spiro atoms. The number of hydrogen-bond acceptors (Lipinski definition) is 5. The molecule has 0 bridgehead atoms. The van der Waals surface area contributed by atoms with Crippen molar-refractivity contribution in [3.8, 4) is 5.75 Å². The van der Waals surface area contributed by atoms with Crippen molar-refractivity contribution in [1.29, 1.82) is 0 Å². The normalized spacial score (nSPS) is 11.5. The summed E-state index contributed by atoms with van der Waals surface area (Å²) in [4.78, 5) is 13.1. The smallest absolute Gasteiger partial charge is 0.261 e. The second kappa shape index (κ2) is 13.9. The molecular weight excluding hydrogens is 550 g/mol. The first kappa shape index (κ1) is 29.2. The Balaban J connectivity index is 2.07.